The van der Waals surface area contributed by atoms with Crippen molar-refractivity contribution in [1.29, 1.82) is 0 Å². The summed E-state index contributed by atoms with van der Waals surface area (Å²) in [5, 5.41) is 15.4. The Morgan fingerprint density at radius 3 is 2.79 bits per heavy atom. The van der Waals surface area contributed by atoms with Crippen LogP contribution in [0.4, 0.5) is 0 Å². The van der Waals surface area contributed by atoms with E-state index in [1.807, 2.05) is 38.2 Å². The highest BCUT2D eigenvalue weighted by molar-refractivity contribution is 14.1. The molecule has 0 spiro atoms. The SMILES string of the molecule is CCc1nn(C)c(CC(O)c2cccc(I)c2)c1Cl. The summed E-state index contributed by atoms with van der Waals surface area (Å²) in [4.78, 5) is 0. The Labute approximate surface area is 131 Å². The second-order valence-electron chi connectivity index (χ2n) is 4.46. The smallest absolute Gasteiger partial charge is 0.0850 e. The summed E-state index contributed by atoms with van der Waals surface area (Å²) in [6.45, 7) is 2.02. The van der Waals surface area contributed by atoms with E-state index in [0.29, 0.717) is 11.4 Å². The van der Waals surface area contributed by atoms with Crippen LogP contribution in [0.5, 0.6) is 0 Å². The third-order valence-corrected chi connectivity index (χ3v) is 4.23. The Morgan fingerprint density at radius 2 is 2.21 bits per heavy atom. The van der Waals surface area contributed by atoms with Gasteiger partial charge in [0.25, 0.3) is 0 Å². The number of nitrogens with zero attached hydrogens (tertiary/aromatic N) is 2. The predicted molar refractivity (Wildman–Crippen MR) is 85.4 cm³/mol. The first kappa shape index (κ1) is 14.8. The van der Waals surface area contributed by atoms with Crippen molar-refractivity contribution < 1.29 is 5.11 Å². The van der Waals surface area contributed by atoms with E-state index in [1.54, 1.807) is 4.68 Å². The molecule has 0 aliphatic heterocycles. The molecule has 5 heteroatoms. The molecule has 3 nitrogen and oxygen atoms in total. The molecule has 1 aromatic heterocycles. The Hall–Kier alpha value is -0.590. The fourth-order valence-corrected chi connectivity index (χ4v) is 2.99. The molecule has 1 aromatic carbocycles. The number of aryl methyl sites for hydroxylation is 2. The highest BCUT2D eigenvalue weighted by Gasteiger charge is 2.17. The fourth-order valence-electron chi connectivity index (χ4n) is 2.06. The molecule has 0 bridgehead atoms. The molecule has 1 heterocycles. The molecule has 2 aromatic rings. The first-order valence-corrected chi connectivity index (χ1v) is 7.62. The van der Waals surface area contributed by atoms with E-state index in [9.17, 15) is 5.11 Å². The third-order valence-electron chi connectivity index (χ3n) is 3.12. The van der Waals surface area contributed by atoms with Gasteiger partial charge in [-0.3, -0.25) is 4.68 Å². The highest BCUT2D eigenvalue weighted by atomic mass is 127. The normalized spacial score (nSPS) is 12.7. The number of aliphatic hydroxyl groups is 1. The molecule has 2 rings (SSSR count). The standard InChI is InChI=1S/C14H16ClIN2O/c1-3-11-14(15)12(18(2)17-11)8-13(19)9-5-4-6-10(16)7-9/h4-7,13,19H,3,8H2,1-2H3. The van der Waals surface area contributed by atoms with E-state index in [0.717, 1.165) is 26.9 Å². The number of halogens is 2. The van der Waals surface area contributed by atoms with Crippen LogP contribution in [0.2, 0.25) is 5.02 Å². The van der Waals surface area contributed by atoms with E-state index in [1.165, 1.54) is 0 Å². The van der Waals surface area contributed by atoms with Crippen LogP contribution < -0.4 is 0 Å². The van der Waals surface area contributed by atoms with Crippen molar-refractivity contribution in [2.75, 3.05) is 0 Å². The molecule has 0 saturated heterocycles. The molecular formula is C14H16ClIN2O. The molecule has 102 valence electrons. The number of aromatic nitrogens is 2. The Bertz CT molecular complexity index is 583. The monoisotopic (exact) mass is 390 g/mol. The molecule has 19 heavy (non-hydrogen) atoms. The van der Waals surface area contributed by atoms with Crippen LogP contribution in [0.1, 0.15) is 30.0 Å². The van der Waals surface area contributed by atoms with Crippen LogP contribution in [0.3, 0.4) is 0 Å². The first-order valence-electron chi connectivity index (χ1n) is 6.16. The number of benzene rings is 1. The molecule has 1 atom stereocenters. The van der Waals surface area contributed by atoms with Gasteiger partial charge >= 0.3 is 0 Å². The maximum Gasteiger partial charge on any atom is 0.0850 e. The maximum atomic E-state index is 10.3. The van der Waals surface area contributed by atoms with Gasteiger partial charge in [-0.15, -0.1) is 0 Å². The molecule has 0 aliphatic rings. The van der Waals surface area contributed by atoms with Gasteiger partial charge in [0.2, 0.25) is 0 Å². The molecule has 0 aliphatic carbocycles. The van der Waals surface area contributed by atoms with Gasteiger partial charge in [-0.05, 0) is 46.7 Å². The fraction of sp³-hybridized carbons (Fsp3) is 0.357. The number of rotatable bonds is 4. The predicted octanol–water partition coefficient (Wildman–Crippen LogP) is 3.52. The van der Waals surface area contributed by atoms with Crippen molar-refractivity contribution in [2.24, 2.45) is 7.05 Å². The molecule has 0 radical (unpaired) electrons. The van der Waals surface area contributed by atoms with Crippen molar-refractivity contribution in [3.63, 3.8) is 0 Å². The van der Waals surface area contributed by atoms with Gasteiger partial charge in [-0.25, -0.2) is 0 Å². The van der Waals surface area contributed by atoms with E-state index in [4.69, 9.17) is 11.6 Å². The highest BCUT2D eigenvalue weighted by Crippen LogP contribution is 2.26. The van der Waals surface area contributed by atoms with Gasteiger partial charge in [0.15, 0.2) is 0 Å². The first-order chi connectivity index (χ1) is 9.02. The lowest BCUT2D eigenvalue weighted by molar-refractivity contribution is 0.176. The minimum absolute atomic E-state index is 0.475. The van der Waals surface area contributed by atoms with Crippen LogP contribution in [0.25, 0.3) is 0 Å². The lowest BCUT2D eigenvalue weighted by atomic mass is 10.0. The summed E-state index contributed by atoms with van der Waals surface area (Å²) in [6.07, 6.45) is 0.710. The van der Waals surface area contributed by atoms with Gasteiger partial charge in [0.1, 0.15) is 0 Å². The zero-order chi connectivity index (χ0) is 14.0. The van der Waals surface area contributed by atoms with Crippen molar-refractivity contribution in [3.8, 4) is 0 Å². The van der Waals surface area contributed by atoms with Gasteiger partial charge in [0, 0.05) is 17.0 Å². The van der Waals surface area contributed by atoms with E-state index in [2.05, 4.69) is 27.7 Å². The second kappa shape index (κ2) is 6.24. The summed E-state index contributed by atoms with van der Waals surface area (Å²) < 4.78 is 2.87. The van der Waals surface area contributed by atoms with Crippen molar-refractivity contribution in [2.45, 2.75) is 25.9 Å². The van der Waals surface area contributed by atoms with Crippen LogP contribution in [-0.4, -0.2) is 14.9 Å². The largest absolute Gasteiger partial charge is 0.388 e. The number of aliphatic hydroxyl groups excluding tert-OH is 1. The van der Waals surface area contributed by atoms with Gasteiger partial charge in [-0.2, -0.15) is 5.10 Å². The minimum atomic E-state index is -0.563. The zero-order valence-electron chi connectivity index (χ0n) is 10.9. The van der Waals surface area contributed by atoms with Crippen LogP contribution >= 0.6 is 34.2 Å². The average Bonchev–Trinajstić information content (AvgIpc) is 2.66. The number of hydrogen-bond acceptors (Lipinski definition) is 2. The van der Waals surface area contributed by atoms with Gasteiger partial charge in [0.05, 0.1) is 22.5 Å². The molecule has 0 saturated carbocycles. The Balaban J connectivity index is 2.24. The van der Waals surface area contributed by atoms with Gasteiger partial charge in [-0.1, -0.05) is 30.7 Å². The zero-order valence-corrected chi connectivity index (χ0v) is 13.8. The summed E-state index contributed by atoms with van der Waals surface area (Å²) in [6, 6.07) is 7.86. The molecule has 1 N–H and O–H groups in total. The summed E-state index contributed by atoms with van der Waals surface area (Å²) >= 11 is 8.54. The van der Waals surface area contributed by atoms with Crippen molar-refractivity contribution in [1.82, 2.24) is 9.78 Å². The van der Waals surface area contributed by atoms with Crippen LogP contribution in [0.15, 0.2) is 24.3 Å². The minimum Gasteiger partial charge on any atom is -0.388 e. The van der Waals surface area contributed by atoms with E-state index >= 15 is 0 Å². The topological polar surface area (TPSA) is 38.0 Å². The van der Waals surface area contributed by atoms with Gasteiger partial charge < -0.3 is 5.11 Å². The maximum absolute atomic E-state index is 10.3. The molecule has 1 unspecified atom stereocenters. The average molecular weight is 391 g/mol. The second-order valence-corrected chi connectivity index (χ2v) is 6.08. The molecule has 0 amide bonds. The molecule has 0 fully saturated rings. The number of hydrogen-bond donors (Lipinski definition) is 1. The van der Waals surface area contributed by atoms with Crippen molar-refractivity contribution >= 4 is 34.2 Å². The van der Waals surface area contributed by atoms with E-state index in [-0.39, 0.29) is 0 Å². The van der Waals surface area contributed by atoms with E-state index < -0.39 is 6.10 Å². The van der Waals surface area contributed by atoms with Crippen LogP contribution in [-0.2, 0) is 19.9 Å². The summed E-state index contributed by atoms with van der Waals surface area (Å²) in [5.74, 6) is 0. The Kier molecular flexibility index (Phi) is 4.86. The third kappa shape index (κ3) is 3.30. The quantitative estimate of drug-likeness (QED) is 0.811. The lowest BCUT2D eigenvalue weighted by Gasteiger charge is -2.12. The lowest BCUT2D eigenvalue weighted by Crippen LogP contribution is -2.07. The Morgan fingerprint density at radius 1 is 1.47 bits per heavy atom. The van der Waals surface area contributed by atoms with Crippen molar-refractivity contribution in [3.05, 3.63) is 49.8 Å². The summed E-state index contributed by atoms with van der Waals surface area (Å²) in [5.41, 5.74) is 2.67. The van der Waals surface area contributed by atoms with Crippen LogP contribution in [0, 0.1) is 3.57 Å². The summed E-state index contributed by atoms with van der Waals surface area (Å²) in [7, 11) is 1.86. The molecular weight excluding hydrogens is 375 g/mol.